The first kappa shape index (κ1) is 37.7. The maximum Gasteiger partial charge on any atom is 0.410 e. The van der Waals surface area contributed by atoms with Crippen molar-refractivity contribution in [2.75, 3.05) is 26.2 Å². The number of carbonyl (C=O) groups is 3. The molecular weight excluding hydrogens is 592 g/mol. The average Bonchev–Trinajstić information content (AvgIpc) is 3.77. The van der Waals surface area contributed by atoms with E-state index in [1.165, 1.54) is 6.92 Å². The minimum absolute atomic E-state index is 0.0874. The van der Waals surface area contributed by atoms with Gasteiger partial charge in [0.1, 0.15) is 11.7 Å². The largest absolute Gasteiger partial charge is 0.457 e. The van der Waals surface area contributed by atoms with Crippen molar-refractivity contribution >= 4 is 18.0 Å². The Balaban J connectivity index is 1.79. The number of rotatable bonds is 10. The number of allylic oxidation sites excluding steroid dienone is 3. The quantitative estimate of drug-likeness (QED) is 0.104. The molecule has 0 spiro atoms. The molecule has 46 heavy (non-hydrogen) atoms. The highest BCUT2D eigenvalue weighted by atomic mass is 16.6. The number of nitrogens with one attached hydrogen (secondary N) is 1. The number of hydrogen-bond donors (Lipinski definition) is 3. The number of nitrogens with zero attached hydrogens (tertiary/aromatic N) is 1. The summed E-state index contributed by atoms with van der Waals surface area (Å²) in [4.78, 5) is 39.9. The number of epoxide rings is 1. The Morgan fingerprint density at radius 1 is 1.22 bits per heavy atom. The van der Waals surface area contributed by atoms with Crippen molar-refractivity contribution in [1.82, 2.24) is 10.2 Å². The summed E-state index contributed by atoms with van der Waals surface area (Å²) in [7, 11) is 0. The fraction of sp³-hybridized carbons (Fsp3) is 0.743. The molecule has 3 aliphatic heterocycles. The van der Waals surface area contributed by atoms with Gasteiger partial charge in [-0.3, -0.25) is 9.59 Å². The van der Waals surface area contributed by atoms with Crippen LogP contribution in [-0.4, -0.2) is 102 Å². The van der Waals surface area contributed by atoms with Gasteiger partial charge in [-0.2, -0.15) is 0 Å². The van der Waals surface area contributed by atoms with Crippen molar-refractivity contribution in [1.29, 1.82) is 0 Å². The van der Waals surface area contributed by atoms with Crippen molar-refractivity contribution in [2.45, 2.75) is 123 Å². The lowest BCUT2D eigenvalue weighted by Crippen LogP contribution is -2.51. The molecule has 0 aliphatic carbocycles. The molecule has 3 aliphatic rings. The molecule has 10 atom stereocenters. The summed E-state index contributed by atoms with van der Waals surface area (Å²) in [6.45, 7) is 15.2. The van der Waals surface area contributed by atoms with Crippen LogP contribution in [0.1, 0.15) is 80.6 Å². The van der Waals surface area contributed by atoms with Gasteiger partial charge < -0.3 is 39.4 Å². The number of aliphatic hydroxyl groups is 2. The van der Waals surface area contributed by atoms with E-state index in [1.54, 1.807) is 17.9 Å². The third kappa shape index (κ3) is 11.2. The number of esters is 2. The first-order chi connectivity index (χ1) is 21.7. The second-order valence-corrected chi connectivity index (χ2v) is 13.5. The highest BCUT2D eigenvalue weighted by molar-refractivity contribution is 5.71. The molecule has 1 unspecified atom stereocenters. The maximum absolute atomic E-state index is 13.2. The van der Waals surface area contributed by atoms with Crippen LogP contribution in [-0.2, 0) is 28.5 Å². The van der Waals surface area contributed by atoms with Gasteiger partial charge in [-0.1, -0.05) is 52.0 Å². The van der Waals surface area contributed by atoms with Crippen LogP contribution >= 0.6 is 0 Å². The number of hydrogen-bond acceptors (Lipinski definition) is 10. The monoisotopic (exact) mass is 648 g/mol. The molecule has 11 heteroatoms. The molecular formula is C35H56N2O9. The van der Waals surface area contributed by atoms with E-state index >= 15 is 0 Å². The summed E-state index contributed by atoms with van der Waals surface area (Å²) in [5.74, 6) is -1.06. The lowest BCUT2D eigenvalue weighted by molar-refractivity contribution is -0.168. The van der Waals surface area contributed by atoms with E-state index in [-0.39, 0.29) is 55.3 Å². The number of aliphatic hydroxyl groups excluding tert-OH is 2. The van der Waals surface area contributed by atoms with Crippen LogP contribution in [0.15, 0.2) is 36.0 Å². The number of amides is 1. The van der Waals surface area contributed by atoms with E-state index in [0.29, 0.717) is 32.6 Å². The number of ether oxygens (including phenoxy) is 4. The summed E-state index contributed by atoms with van der Waals surface area (Å²) in [6.07, 6.45) is 7.84. The molecule has 2 saturated heterocycles. The molecule has 0 aromatic heterocycles. The summed E-state index contributed by atoms with van der Waals surface area (Å²) >= 11 is 0. The van der Waals surface area contributed by atoms with Gasteiger partial charge in [0.25, 0.3) is 0 Å². The molecule has 0 bridgehead atoms. The predicted octanol–water partition coefficient (Wildman–Crippen LogP) is 4.07. The van der Waals surface area contributed by atoms with Crippen molar-refractivity contribution in [2.24, 2.45) is 17.8 Å². The average molecular weight is 649 g/mol. The van der Waals surface area contributed by atoms with E-state index < -0.39 is 41.9 Å². The number of carbonyl (C=O) groups excluding carboxylic acids is 3. The van der Waals surface area contributed by atoms with E-state index in [9.17, 15) is 24.6 Å². The van der Waals surface area contributed by atoms with Crippen LogP contribution in [0.5, 0.6) is 0 Å². The SMILES string of the molecule is CC[C@@H](O)[C@@H](C)[C@H]1O[C@@H]1C[C@@H](C)/C=C/C=C(\C)[C@H]1OC(=O)C[C@@H](O)CC[C@](C)(OC(C)=O)C(OC(=O)N2CCNCC2)/C=C/[C@@H]1C. The number of piperazine rings is 1. The Kier molecular flexibility index (Phi) is 14.3. The van der Waals surface area contributed by atoms with Crippen molar-refractivity contribution in [3.63, 3.8) is 0 Å². The van der Waals surface area contributed by atoms with Gasteiger partial charge in [-0.15, -0.1) is 0 Å². The van der Waals surface area contributed by atoms with Gasteiger partial charge in [-0.05, 0) is 57.1 Å². The molecule has 0 radical (unpaired) electrons. The van der Waals surface area contributed by atoms with E-state index in [0.717, 1.165) is 12.0 Å². The Bertz CT molecular complexity index is 1120. The first-order valence-electron chi connectivity index (χ1n) is 16.8. The Hall–Kier alpha value is -2.73. The summed E-state index contributed by atoms with van der Waals surface area (Å²) in [6, 6.07) is 0. The zero-order chi connectivity index (χ0) is 34.0. The minimum Gasteiger partial charge on any atom is -0.457 e. The maximum atomic E-state index is 13.2. The summed E-state index contributed by atoms with van der Waals surface area (Å²) in [5, 5.41) is 24.1. The van der Waals surface area contributed by atoms with Gasteiger partial charge in [-0.25, -0.2) is 4.79 Å². The molecule has 0 aromatic rings. The lowest BCUT2D eigenvalue weighted by atomic mass is 9.88. The Morgan fingerprint density at radius 2 is 1.91 bits per heavy atom. The van der Waals surface area contributed by atoms with Gasteiger partial charge in [0, 0.05) is 44.9 Å². The molecule has 0 aromatic carbocycles. The second-order valence-electron chi connectivity index (χ2n) is 13.5. The molecule has 3 N–H and O–H groups in total. The molecule has 11 nitrogen and oxygen atoms in total. The third-order valence-electron chi connectivity index (χ3n) is 9.30. The standard InChI is InChI=1S/C35H56N2O9/c1-8-28(40)25(5)33-29(43-33)20-22(2)10-9-11-23(3)32-24(4)12-13-30(44-34(42)37-18-16-36-17-19-37)35(7,46-26(6)38)15-14-27(39)21-31(41)45-32/h9-13,22,24-25,27-30,32-33,36,39-40H,8,14-21H2,1-7H3/b10-9+,13-12+,23-11+/t22-,24-,25+,27-,28+,29+,30?,32+,33+,35-/m0/s1. The van der Waals surface area contributed by atoms with Crippen LogP contribution in [0.4, 0.5) is 4.79 Å². The Labute approximate surface area is 274 Å². The molecule has 3 heterocycles. The zero-order valence-corrected chi connectivity index (χ0v) is 28.6. The van der Waals surface area contributed by atoms with E-state index in [2.05, 4.69) is 18.3 Å². The Morgan fingerprint density at radius 3 is 2.57 bits per heavy atom. The molecule has 1 amide bonds. The highest BCUT2D eigenvalue weighted by Gasteiger charge is 2.45. The van der Waals surface area contributed by atoms with Crippen LogP contribution in [0.25, 0.3) is 0 Å². The molecule has 2 fully saturated rings. The third-order valence-corrected chi connectivity index (χ3v) is 9.30. The summed E-state index contributed by atoms with van der Waals surface area (Å²) < 4.78 is 23.5. The van der Waals surface area contributed by atoms with Crippen LogP contribution < -0.4 is 5.32 Å². The van der Waals surface area contributed by atoms with Crippen LogP contribution in [0.3, 0.4) is 0 Å². The fourth-order valence-corrected chi connectivity index (χ4v) is 6.24. The molecule has 0 saturated carbocycles. The predicted molar refractivity (Wildman–Crippen MR) is 174 cm³/mol. The van der Waals surface area contributed by atoms with E-state index in [1.807, 2.05) is 45.9 Å². The van der Waals surface area contributed by atoms with Crippen molar-refractivity contribution in [3.05, 3.63) is 36.0 Å². The normalized spacial score (nSPS) is 34.0. The van der Waals surface area contributed by atoms with Gasteiger partial charge in [0.15, 0.2) is 6.10 Å². The fourth-order valence-electron chi connectivity index (χ4n) is 6.24. The van der Waals surface area contributed by atoms with E-state index in [4.69, 9.17) is 18.9 Å². The van der Waals surface area contributed by atoms with Gasteiger partial charge in [0.05, 0.1) is 30.8 Å². The highest BCUT2D eigenvalue weighted by Crippen LogP contribution is 2.36. The first-order valence-corrected chi connectivity index (χ1v) is 16.8. The van der Waals surface area contributed by atoms with Crippen molar-refractivity contribution in [3.8, 4) is 0 Å². The zero-order valence-electron chi connectivity index (χ0n) is 28.6. The minimum atomic E-state index is -1.27. The second kappa shape index (κ2) is 17.4. The topological polar surface area (TPSA) is 147 Å². The van der Waals surface area contributed by atoms with Gasteiger partial charge in [0.2, 0.25) is 0 Å². The van der Waals surface area contributed by atoms with Crippen LogP contribution in [0.2, 0.25) is 0 Å². The number of cyclic esters (lactones) is 1. The van der Waals surface area contributed by atoms with Crippen molar-refractivity contribution < 1.29 is 43.5 Å². The van der Waals surface area contributed by atoms with Gasteiger partial charge >= 0.3 is 18.0 Å². The smallest absolute Gasteiger partial charge is 0.410 e. The summed E-state index contributed by atoms with van der Waals surface area (Å²) in [5.41, 5.74) is -0.468. The molecule has 260 valence electrons. The van der Waals surface area contributed by atoms with Crippen LogP contribution in [0, 0.1) is 17.8 Å². The molecule has 3 rings (SSSR count). The lowest BCUT2D eigenvalue weighted by Gasteiger charge is -2.37.